The molecule has 0 aromatic rings. The number of likely N-dealkylation sites (tertiary alicyclic amines) is 1. The molecule has 0 saturated carbocycles. The van der Waals surface area contributed by atoms with Crippen LogP contribution in [0.3, 0.4) is 0 Å². The lowest BCUT2D eigenvalue weighted by molar-refractivity contribution is -0.187. The Labute approximate surface area is 111 Å². The molecule has 1 saturated heterocycles. The topological polar surface area (TPSA) is 58.4 Å². The molecule has 0 radical (unpaired) electrons. The Balaban J connectivity index is 2.31. The van der Waals surface area contributed by atoms with Gasteiger partial charge in [-0.3, -0.25) is 4.79 Å². The molecule has 112 valence electrons. The van der Waals surface area contributed by atoms with Crippen LogP contribution >= 0.6 is 0 Å². The number of nitrogens with two attached hydrogens (primary N) is 1. The molecule has 1 aliphatic heterocycles. The summed E-state index contributed by atoms with van der Waals surface area (Å²) in [6.07, 6.45) is -1.99. The minimum absolute atomic E-state index is 0.246. The van der Waals surface area contributed by atoms with Crippen LogP contribution in [0.4, 0.5) is 13.2 Å². The van der Waals surface area contributed by atoms with Crippen molar-refractivity contribution in [2.24, 2.45) is 11.7 Å². The summed E-state index contributed by atoms with van der Waals surface area (Å²) in [6.45, 7) is 2.93. The predicted octanol–water partition coefficient (Wildman–Crippen LogP) is 1.11. The number of amides is 1. The fraction of sp³-hybridized carbons (Fsp3) is 0.917. The van der Waals surface area contributed by atoms with Crippen molar-refractivity contribution < 1.29 is 18.0 Å². The molecular weight excluding hydrogens is 259 g/mol. The molecular formula is C12H22F3N3O. The Hall–Kier alpha value is -0.820. The van der Waals surface area contributed by atoms with Crippen molar-refractivity contribution in [3.8, 4) is 0 Å². The number of halogens is 3. The van der Waals surface area contributed by atoms with E-state index in [1.165, 1.54) is 0 Å². The van der Waals surface area contributed by atoms with Crippen LogP contribution in [0.1, 0.15) is 26.2 Å². The monoisotopic (exact) mass is 281 g/mol. The van der Waals surface area contributed by atoms with E-state index in [2.05, 4.69) is 10.2 Å². The number of alkyl halides is 3. The molecule has 19 heavy (non-hydrogen) atoms. The second-order valence-electron chi connectivity index (χ2n) is 5.49. The third-order valence-electron chi connectivity index (χ3n) is 3.74. The third-order valence-corrected chi connectivity index (χ3v) is 3.74. The normalized spacial score (nSPS) is 22.0. The second-order valence-corrected chi connectivity index (χ2v) is 5.49. The van der Waals surface area contributed by atoms with Crippen LogP contribution in [0, 0.1) is 5.92 Å². The van der Waals surface area contributed by atoms with Crippen molar-refractivity contribution >= 4 is 5.91 Å². The molecule has 1 fully saturated rings. The molecule has 3 N–H and O–H groups in total. The van der Waals surface area contributed by atoms with Gasteiger partial charge in [0.1, 0.15) is 0 Å². The number of hydrogen-bond acceptors (Lipinski definition) is 3. The van der Waals surface area contributed by atoms with Crippen LogP contribution in [0.2, 0.25) is 0 Å². The largest absolute Gasteiger partial charge is 0.415 e. The molecule has 1 atom stereocenters. The average Bonchev–Trinajstić information content (AvgIpc) is 2.30. The van der Waals surface area contributed by atoms with Crippen LogP contribution in [0.5, 0.6) is 0 Å². The van der Waals surface area contributed by atoms with E-state index in [0.717, 1.165) is 25.9 Å². The molecule has 0 aliphatic carbocycles. The van der Waals surface area contributed by atoms with Crippen molar-refractivity contribution in [3.63, 3.8) is 0 Å². The van der Waals surface area contributed by atoms with E-state index < -0.39 is 17.6 Å². The summed E-state index contributed by atoms with van der Waals surface area (Å²) in [5.74, 6) is -0.695. The van der Waals surface area contributed by atoms with Gasteiger partial charge in [0, 0.05) is 6.54 Å². The minimum atomic E-state index is -4.73. The van der Waals surface area contributed by atoms with Gasteiger partial charge in [-0.05, 0) is 52.2 Å². The minimum Gasteiger partial charge on any atom is -0.354 e. The fourth-order valence-corrected chi connectivity index (χ4v) is 2.05. The Morgan fingerprint density at radius 1 is 1.37 bits per heavy atom. The summed E-state index contributed by atoms with van der Waals surface area (Å²) >= 11 is 0. The average molecular weight is 281 g/mol. The van der Waals surface area contributed by atoms with Gasteiger partial charge in [-0.15, -0.1) is 0 Å². The van der Waals surface area contributed by atoms with Crippen molar-refractivity contribution in [3.05, 3.63) is 0 Å². The summed E-state index contributed by atoms with van der Waals surface area (Å²) in [7, 11) is 2.04. The van der Waals surface area contributed by atoms with Gasteiger partial charge < -0.3 is 16.0 Å². The number of carbonyl (C=O) groups excluding carboxylic acids is 1. The lowest BCUT2D eigenvalue weighted by Gasteiger charge is -2.30. The van der Waals surface area contributed by atoms with Gasteiger partial charge in [-0.25, -0.2) is 0 Å². The van der Waals surface area contributed by atoms with Crippen molar-refractivity contribution in [2.45, 2.75) is 37.9 Å². The molecule has 4 nitrogen and oxygen atoms in total. The van der Waals surface area contributed by atoms with Crippen molar-refractivity contribution in [1.29, 1.82) is 0 Å². The first-order chi connectivity index (χ1) is 8.64. The first-order valence-corrected chi connectivity index (χ1v) is 6.47. The molecule has 1 unspecified atom stereocenters. The Morgan fingerprint density at radius 3 is 2.37 bits per heavy atom. The standard InChI is InChI=1S/C12H22F3N3O/c1-11(16,12(13,14)15)10(19)17-6-3-9-4-7-18(2)8-5-9/h9H,3-8,16H2,1-2H3,(H,17,19). The summed E-state index contributed by atoms with van der Waals surface area (Å²) in [5, 5.41) is 2.29. The predicted molar refractivity (Wildman–Crippen MR) is 66.5 cm³/mol. The number of piperidine rings is 1. The van der Waals surface area contributed by atoms with E-state index in [4.69, 9.17) is 5.73 Å². The van der Waals surface area contributed by atoms with Crippen molar-refractivity contribution in [2.75, 3.05) is 26.7 Å². The van der Waals surface area contributed by atoms with Crippen LogP contribution in [0.15, 0.2) is 0 Å². The van der Waals surface area contributed by atoms with Gasteiger partial charge in [-0.1, -0.05) is 0 Å². The number of nitrogens with zero attached hydrogens (tertiary/aromatic N) is 1. The van der Waals surface area contributed by atoms with E-state index in [1.54, 1.807) is 0 Å². The van der Waals surface area contributed by atoms with Gasteiger partial charge in [0.15, 0.2) is 5.54 Å². The maximum atomic E-state index is 12.5. The Morgan fingerprint density at radius 2 is 1.89 bits per heavy atom. The number of hydrogen-bond donors (Lipinski definition) is 2. The highest BCUT2D eigenvalue weighted by atomic mass is 19.4. The van der Waals surface area contributed by atoms with E-state index in [1.807, 2.05) is 7.05 Å². The SMILES string of the molecule is CN1CCC(CCNC(=O)C(C)(N)C(F)(F)F)CC1. The van der Waals surface area contributed by atoms with Gasteiger partial charge in [0.2, 0.25) is 5.91 Å². The van der Waals surface area contributed by atoms with Gasteiger partial charge in [-0.2, -0.15) is 13.2 Å². The highest BCUT2D eigenvalue weighted by Crippen LogP contribution is 2.28. The maximum Gasteiger partial charge on any atom is 0.415 e. The first kappa shape index (κ1) is 16.2. The molecule has 7 heteroatoms. The fourth-order valence-electron chi connectivity index (χ4n) is 2.05. The maximum absolute atomic E-state index is 12.5. The van der Waals surface area contributed by atoms with Crippen LogP contribution in [-0.2, 0) is 4.79 Å². The smallest absolute Gasteiger partial charge is 0.354 e. The number of rotatable bonds is 4. The van der Waals surface area contributed by atoms with E-state index >= 15 is 0 Å². The van der Waals surface area contributed by atoms with Crippen LogP contribution < -0.4 is 11.1 Å². The van der Waals surface area contributed by atoms with Crippen LogP contribution in [-0.4, -0.2) is 49.2 Å². The molecule has 0 bridgehead atoms. The summed E-state index contributed by atoms with van der Waals surface area (Å²) in [6, 6.07) is 0. The highest BCUT2D eigenvalue weighted by molar-refractivity contribution is 5.86. The third kappa shape index (κ3) is 4.35. The molecule has 1 rings (SSSR count). The van der Waals surface area contributed by atoms with Gasteiger partial charge in [0.05, 0.1) is 0 Å². The Kier molecular flexibility index (Phi) is 5.20. The zero-order valence-electron chi connectivity index (χ0n) is 11.4. The number of nitrogens with one attached hydrogen (secondary N) is 1. The molecule has 0 spiro atoms. The zero-order chi connectivity index (χ0) is 14.7. The Bertz CT molecular complexity index is 310. The molecule has 1 heterocycles. The quantitative estimate of drug-likeness (QED) is 0.811. The summed E-state index contributed by atoms with van der Waals surface area (Å²) in [5.41, 5.74) is 2.21. The highest BCUT2D eigenvalue weighted by Gasteiger charge is 2.53. The summed E-state index contributed by atoms with van der Waals surface area (Å²) < 4.78 is 37.6. The molecule has 1 aliphatic rings. The van der Waals surface area contributed by atoms with Gasteiger partial charge >= 0.3 is 6.18 Å². The molecule has 0 aromatic carbocycles. The first-order valence-electron chi connectivity index (χ1n) is 6.47. The lowest BCUT2D eigenvalue weighted by atomic mass is 9.93. The summed E-state index contributed by atoms with van der Waals surface area (Å²) in [4.78, 5) is 13.7. The number of carbonyl (C=O) groups is 1. The van der Waals surface area contributed by atoms with E-state index in [9.17, 15) is 18.0 Å². The van der Waals surface area contributed by atoms with Gasteiger partial charge in [0.25, 0.3) is 0 Å². The second kappa shape index (κ2) is 6.09. The van der Waals surface area contributed by atoms with E-state index in [0.29, 0.717) is 19.3 Å². The van der Waals surface area contributed by atoms with Crippen LogP contribution in [0.25, 0.3) is 0 Å². The van der Waals surface area contributed by atoms with Crippen molar-refractivity contribution in [1.82, 2.24) is 10.2 Å². The molecule has 1 amide bonds. The van der Waals surface area contributed by atoms with E-state index in [-0.39, 0.29) is 6.54 Å². The molecule has 0 aromatic heterocycles. The zero-order valence-corrected chi connectivity index (χ0v) is 11.4. The lowest BCUT2D eigenvalue weighted by Crippen LogP contribution is -2.61.